The molecule has 2 heterocycles. The van der Waals surface area contributed by atoms with Gasteiger partial charge in [-0.25, -0.2) is 4.99 Å². The molecule has 2 aromatic carbocycles. The molecule has 0 unspecified atom stereocenters. The summed E-state index contributed by atoms with van der Waals surface area (Å²) in [4.78, 5) is 17.2. The van der Waals surface area contributed by atoms with Crippen LogP contribution >= 0.6 is 27.7 Å². The second-order valence-electron chi connectivity index (χ2n) is 5.01. The van der Waals surface area contributed by atoms with Crippen LogP contribution in [0.5, 0.6) is 11.5 Å². The molecule has 24 heavy (non-hydrogen) atoms. The first-order valence-electron chi connectivity index (χ1n) is 7.13. The Labute approximate surface area is 150 Å². The van der Waals surface area contributed by atoms with Crippen molar-refractivity contribution in [2.24, 2.45) is 4.99 Å². The number of nitrogens with one attached hydrogen (secondary N) is 1. The SMILES string of the molecule is O=C1NC(=Nc2ccccc2)SC1=Cc1c(Br)ccc2c1OCO2. The van der Waals surface area contributed by atoms with E-state index in [0.717, 1.165) is 15.7 Å². The maximum atomic E-state index is 12.2. The van der Waals surface area contributed by atoms with E-state index in [0.29, 0.717) is 21.6 Å². The molecule has 0 radical (unpaired) electrons. The highest BCUT2D eigenvalue weighted by Gasteiger charge is 2.26. The predicted octanol–water partition coefficient (Wildman–Crippen LogP) is 4.07. The van der Waals surface area contributed by atoms with E-state index in [2.05, 4.69) is 26.2 Å². The number of ether oxygens (including phenoxy) is 2. The van der Waals surface area contributed by atoms with Crippen LogP contribution in [0.2, 0.25) is 0 Å². The first-order valence-corrected chi connectivity index (χ1v) is 8.74. The number of benzene rings is 2. The number of hydrogen-bond donors (Lipinski definition) is 1. The van der Waals surface area contributed by atoms with Gasteiger partial charge in [0.05, 0.1) is 10.6 Å². The van der Waals surface area contributed by atoms with Gasteiger partial charge in [-0.15, -0.1) is 0 Å². The van der Waals surface area contributed by atoms with Gasteiger partial charge < -0.3 is 14.8 Å². The number of halogens is 1. The summed E-state index contributed by atoms with van der Waals surface area (Å²) in [5.41, 5.74) is 1.57. The Bertz CT molecular complexity index is 881. The van der Waals surface area contributed by atoms with Crippen LogP contribution in [-0.2, 0) is 4.79 Å². The number of rotatable bonds is 2. The molecule has 0 bridgehead atoms. The standard InChI is InChI=1S/C17H11BrN2O3S/c18-12-6-7-13-15(23-9-22-13)11(12)8-14-16(21)20-17(24-14)19-10-4-2-1-3-5-10/h1-8H,9H2,(H,19,20,21). The highest BCUT2D eigenvalue weighted by Crippen LogP contribution is 2.42. The molecule has 2 aromatic rings. The first kappa shape index (κ1) is 15.3. The number of carbonyl (C=O) groups is 1. The summed E-state index contributed by atoms with van der Waals surface area (Å²) in [6, 6.07) is 13.2. The molecule has 0 aliphatic carbocycles. The molecule has 2 aliphatic rings. The zero-order chi connectivity index (χ0) is 16.5. The van der Waals surface area contributed by atoms with Gasteiger partial charge in [0.2, 0.25) is 6.79 Å². The minimum Gasteiger partial charge on any atom is -0.454 e. The van der Waals surface area contributed by atoms with E-state index < -0.39 is 0 Å². The summed E-state index contributed by atoms with van der Waals surface area (Å²) in [6.07, 6.45) is 1.78. The molecule has 1 amide bonds. The summed E-state index contributed by atoms with van der Waals surface area (Å²) >= 11 is 4.79. The van der Waals surface area contributed by atoms with Gasteiger partial charge in [0.1, 0.15) is 0 Å². The van der Waals surface area contributed by atoms with Crippen molar-refractivity contribution in [2.45, 2.75) is 0 Å². The summed E-state index contributed by atoms with van der Waals surface area (Å²) in [5.74, 6) is 1.13. The summed E-state index contributed by atoms with van der Waals surface area (Å²) in [6.45, 7) is 0.183. The van der Waals surface area contributed by atoms with Crippen molar-refractivity contribution in [1.82, 2.24) is 5.32 Å². The molecule has 0 aromatic heterocycles. The van der Waals surface area contributed by atoms with Gasteiger partial charge in [-0.1, -0.05) is 34.1 Å². The second kappa shape index (κ2) is 6.33. The Balaban J connectivity index is 1.66. The summed E-state index contributed by atoms with van der Waals surface area (Å²) < 4.78 is 11.7. The third-order valence-corrected chi connectivity index (χ3v) is 5.04. The Kier molecular flexibility index (Phi) is 4.03. The topological polar surface area (TPSA) is 59.9 Å². The molecule has 4 rings (SSSR count). The highest BCUT2D eigenvalue weighted by molar-refractivity contribution is 9.10. The number of hydrogen-bond acceptors (Lipinski definition) is 5. The maximum absolute atomic E-state index is 12.2. The van der Waals surface area contributed by atoms with Crippen molar-refractivity contribution in [2.75, 3.05) is 6.79 Å². The van der Waals surface area contributed by atoms with Gasteiger partial charge in [0, 0.05) is 10.0 Å². The van der Waals surface area contributed by atoms with Crippen molar-refractivity contribution in [3.8, 4) is 11.5 Å². The number of amidine groups is 1. The Morgan fingerprint density at radius 3 is 2.83 bits per heavy atom. The van der Waals surface area contributed by atoms with E-state index in [9.17, 15) is 4.79 Å². The number of fused-ring (bicyclic) bond motifs is 1. The van der Waals surface area contributed by atoms with Crippen molar-refractivity contribution in [1.29, 1.82) is 0 Å². The molecule has 0 atom stereocenters. The van der Waals surface area contributed by atoms with Crippen LogP contribution < -0.4 is 14.8 Å². The zero-order valence-electron chi connectivity index (χ0n) is 12.3. The van der Waals surface area contributed by atoms with Crippen molar-refractivity contribution < 1.29 is 14.3 Å². The number of aliphatic imine (C=N–C) groups is 1. The van der Waals surface area contributed by atoms with E-state index in [1.807, 2.05) is 42.5 Å². The quantitative estimate of drug-likeness (QED) is 0.769. The van der Waals surface area contributed by atoms with E-state index in [-0.39, 0.29) is 12.7 Å². The second-order valence-corrected chi connectivity index (χ2v) is 6.90. The van der Waals surface area contributed by atoms with Crippen molar-refractivity contribution in [3.63, 3.8) is 0 Å². The number of amides is 1. The largest absolute Gasteiger partial charge is 0.454 e. The lowest BCUT2D eigenvalue weighted by atomic mass is 10.1. The highest BCUT2D eigenvalue weighted by atomic mass is 79.9. The predicted molar refractivity (Wildman–Crippen MR) is 97.5 cm³/mol. The molecule has 120 valence electrons. The lowest BCUT2D eigenvalue weighted by Gasteiger charge is -2.04. The molecule has 1 fully saturated rings. The van der Waals surface area contributed by atoms with Crippen LogP contribution in [0.3, 0.4) is 0 Å². The van der Waals surface area contributed by atoms with Crippen LogP contribution in [0, 0.1) is 0 Å². The normalized spacial score (nSPS) is 19.1. The number of nitrogens with zero attached hydrogens (tertiary/aromatic N) is 1. The zero-order valence-corrected chi connectivity index (χ0v) is 14.7. The number of carbonyl (C=O) groups excluding carboxylic acids is 1. The van der Waals surface area contributed by atoms with Crippen LogP contribution in [0.4, 0.5) is 5.69 Å². The molecule has 2 aliphatic heterocycles. The fourth-order valence-corrected chi connectivity index (χ4v) is 3.59. The first-order chi connectivity index (χ1) is 11.7. The lowest BCUT2D eigenvalue weighted by molar-refractivity contribution is -0.115. The average molecular weight is 403 g/mol. The summed E-state index contributed by atoms with van der Waals surface area (Å²) in [5, 5.41) is 3.33. The van der Waals surface area contributed by atoms with Gasteiger partial charge >= 0.3 is 0 Å². The van der Waals surface area contributed by atoms with Crippen LogP contribution in [-0.4, -0.2) is 17.9 Å². The van der Waals surface area contributed by atoms with Gasteiger partial charge in [-0.2, -0.15) is 0 Å². The fourth-order valence-electron chi connectivity index (χ4n) is 2.34. The molecule has 5 nitrogen and oxygen atoms in total. The number of thioether (sulfide) groups is 1. The Morgan fingerprint density at radius 2 is 2.00 bits per heavy atom. The van der Waals surface area contributed by atoms with E-state index >= 15 is 0 Å². The smallest absolute Gasteiger partial charge is 0.264 e. The van der Waals surface area contributed by atoms with Gasteiger partial charge in [0.15, 0.2) is 16.7 Å². The van der Waals surface area contributed by atoms with Crippen molar-refractivity contribution in [3.05, 3.63) is 57.4 Å². The monoisotopic (exact) mass is 402 g/mol. The average Bonchev–Trinajstić information content (AvgIpc) is 3.18. The fraction of sp³-hybridized carbons (Fsp3) is 0.0588. The molecular formula is C17H11BrN2O3S. The third-order valence-electron chi connectivity index (χ3n) is 3.44. The molecule has 0 saturated carbocycles. The molecule has 1 saturated heterocycles. The lowest BCUT2D eigenvalue weighted by Crippen LogP contribution is -2.19. The maximum Gasteiger partial charge on any atom is 0.264 e. The van der Waals surface area contributed by atoms with Crippen molar-refractivity contribution >= 4 is 50.5 Å². The van der Waals surface area contributed by atoms with Crippen LogP contribution in [0.1, 0.15) is 5.56 Å². The van der Waals surface area contributed by atoms with Gasteiger partial charge in [0.25, 0.3) is 5.91 Å². The number of para-hydroxylation sites is 1. The van der Waals surface area contributed by atoms with Crippen LogP contribution in [0.25, 0.3) is 6.08 Å². The minimum atomic E-state index is -0.182. The van der Waals surface area contributed by atoms with E-state index in [4.69, 9.17) is 9.47 Å². The molecule has 1 N–H and O–H groups in total. The van der Waals surface area contributed by atoms with Gasteiger partial charge in [-0.3, -0.25) is 4.79 Å². The molecular weight excluding hydrogens is 392 g/mol. The Morgan fingerprint density at radius 1 is 1.17 bits per heavy atom. The van der Waals surface area contributed by atoms with Gasteiger partial charge in [-0.05, 0) is 42.1 Å². The van der Waals surface area contributed by atoms with E-state index in [1.165, 1.54) is 11.8 Å². The summed E-state index contributed by atoms with van der Waals surface area (Å²) in [7, 11) is 0. The molecule has 0 spiro atoms. The third kappa shape index (κ3) is 2.92. The molecule has 7 heteroatoms. The Hall–Kier alpha value is -2.25. The van der Waals surface area contributed by atoms with Crippen LogP contribution in [0.15, 0.2) is 56.8 Å². The van der Waals surface area contributed by atoms with E-state index in [1.54, 1.807) is 6.08 Å². The minimum absolute atomic E-state index is 0.182.